The van der Waals surface area contributed by atoms with E-state index in [2.05, 4.69) is 5.32 Å². The SMILES string of the molecule is CS(=O)(=O)N(CC(=O)N(Cc1ccc(F)cc1)C(C(=O)NCc1ccc(Cl)cc1Cl)c1ccccc1)Cc1ccccc1. The van der Waals surface area contributed by atoms with E-state index in [9.17, 15) is 22.4 Å². The van der Waals surface area contributed by atoms with Crippen LogP contribution in [0.15, 0.2) is 103 Å². The maximum absolute atomic E-state index is 14.1. The number of benzene rings is 4. The zero-order chi connectivity index (χ0) is 31.0. The van der Waals surface area contributed by atoms with Crippen molar-refractivity contribution in [2.75, 3.05) is 12.8 Å². The smallest absolute Gasteiger partial charge is 0.247 e. The molecular formula is C32H30Cl2FN3O4S. The van der Waals surface area contributed by atoms with Crippen molar-refractivity contribution in [2.45, 2.75) is 25.7 Å². The molecule has 0 bridgehead atoms. The Morgan fingerprint density at radius 3 is 2.05 bits per heavy atom. The molecule has 0 aliphatic carbocycles. The van der Waals surface area contributed by atoms with Gasteiger partial charge in [0, 0.05) is 29.7 Å². The van der Waals surface area contributed by atoms with Crippen LogP contribution in [0.1, 0.15) is 28.3 Å². The molecule has 7 nitrogen and oxygen atoms in total. The number of amides is 2. The number of sulfonamides is 1. The Labute approximate surface area is 260 Å². The first kappa shape index (κ1) is 32.2. The third-order valence-corrected chi connectivity index (χ3v) is 8.50. The van der Waals surface area contributed by atoms with Gasteiger partial charge in [-0.05, 0) is 46.5 Å². The summed E-state index contributed by atoms with van der Waals surface area (Å²) >= 11 is 12.3. The van der Waals surface area contributed by atoms with Gasteiger partial charge in [-0.15, -0.1) is 0 Å². The average Bonchev–Trinajstić information content (AvgIpc) is 2.97. The third kappa shape index (κ3) is 9.11. The van der Waals surface area contributed by atoms with Gasteiger partial charge in [0.05, 0.1) is 12.8 Å². The minimum Gasteiger partial charge on any atom is -0.350 e. The molecule has 4 aromatic rings. The second-order valence-corrected chi connectivity index (χ2v) is 12.8. The van der Waals surface area contributed by atoms with Crippen LogP contribution in [-0.4, -0.2) is 42.2 Å². The maximum atomic E-state index is 14.1. The van der Waals surface area contributed by atoms with E-state index in [0.29, 0.717) is 32.3 Å². The fourth-order valence-corrected chi connectivity index (χ4v) is 5.69. The van der Waals surface area contributed by atoms with Crippen LogP contribution in [0.4, 0.5) is 4.39 Å². The number of hydrogen-bond donors (Lipinski definition) is 1. The highest BCUT2D eigenvalue weighted by Crippen LogP contribution is 2.26. The lowest BCUT2D eigenvalue weighted by Gasteiger charge is -2.33. The highest BCUT2D eigenvalue weighted by atomic mass is 35.5. The molecule has 224 valence electrons. The summed E-state index contributed by atoms with van der Waals surface area (Å²) in [5.41, 5.74) is 2.38. The number of nitrogens with one attached hydrogen (secondary N) is 1. The predicted molar refractivity (Wildman–Crippen MR) is 166 cm³/mol. The first-order valence-electron chi connectivity index (χ1n) is 13.3. The molecule has 4 aromatic carbocycles. The molecule has 0 aliphatic heterocycles. The molecule has 0 saturated heterocycles. The molecule has 0 aromatic heterocycles. The van der Waals surface area contributed by atoms with Crippen molar-refractivity contribution in [3.63, 3.8) is 0 Å². The number of carbonyl (C=O) groups excluding carboxylic acids is 2. The van der Waals surface area contributed by atoms with Crippen LogP contribution in [0.3, 0.4) is 0 Å². The minimum absolute atomic E-state index is 0.0347. The molecule has 1 N–H and O–H groups in total. The largest absolute Gasteiger partial charge is 0.350 e. The van der Waals surface area contributed by atoms with Crippen LogP contribution in [0.2, 0.25) is 10.0 Å². The average molecular weight is 643 g/mol. The molecule has 0 heterocycles. The second-order valence-electron chi connectivity index (χ2n) is 9.93. The zero-order valence-electron chi connectivity index (χ0n) is 23.3. The van der Waals surface area contributed by atoms with Crippen molar-refractivity contribution in [2.24, 2.45) is 0 Å². The fraction of sp³-hybridized carbons (Fsp3) is 0.188. The molecule has 1 atom stereocenters. The summed E-state index contributed by atoms with van der Waals surface area (Å²) in [5, 5.41) is 3.68. The monoisotopic (exact) mass is 641 g/mol. The summed E-state index contributed by atoms with van der Waals surface area (Å²) in [5.74, 6) is -1.58. The fourth-order valence-electron chi connectivity index (χ4n) is 4.48. The van der Waals surface area contributed by atoms with Crippen LogP contribution >= 0.6 is 23.2 Å². The van der Waals surface area contributed by atoms with Gasteiger partial charge in [-0.25, -0.2) is 12.8 Å². The minimum atomic E-state index is -3.83. The van der Waals surface area contributed by atoms with Gasteiger partial charge in [-0.1, -0.05) is 102 Å². The molecule has 2 amide bonds. The number of halogens is 3. The number of nitrogens with zero attached hydrogens (tertiary/aromatic N) is 2. The molecule has 43 heavy (non-hydrogen) atoms. The van der Waals surface area contributed by atoms with E-state index in [0.717, 1.165) is 10.6 Å². The Kier molecular flexibility index (Phi) is 10.9. The van der Waals surface area contributed by atoms with E-state index in [1.54, 1.807) is 72.8 Å². The van der Waals surface area contributed by atoms with Gasteiger partial charge in [-0.3, -0.25) is 9.59 Å². The maximum Gasteiger partial charge on any atom is 0.247 e. The number of carbonyl (C=O) groups is 2. The van der Waals surface area contributed by atoms with E-state index >= 15 is 0 Å². The highest BCUT2D eigenvalue weighted by Gasteiger charge is 2.33. The Morgan fingerprint density at radius 2 is 1.44 bits per heavy atom. The Balaban J connectivity index is 1.70. The standard InChI is InChI=1S/C32H30Cl2FN3O4S/c1-43(41,42)37(20-23-8-4-2-5-9-23)22-30(39)38(21-24-12-16-28(35)17-13-24)31(25-10-6-3-7-11-25)32(40)36-19-26-14-15-27(33)18-29(26)34/h2-18,31H,19-22H2,1H3,(H,36,40). The van der Waals surface area contributed by atoms with Crippen molar-refractivity contribution >= 4 is 45.0 Å². The lowest BCUT2D eigenvalue weighted by atomic mass is 10.0. The first-order valence-corrected chi connectivity index (χ1v) is 15.9. The zero-order valence-corrected chi connectivity index (χ0v) is 25.6. The summed E-state index contributed by atoms with van der Waals surface area (Å²) in [6.07, 6.45) is 1.03. The first-order chi connectivity index (χ1) is 20.5. The van der Waals surface area contributed by atoms with E-state index in [1.165, 1.54) is 29.2 Å². The van der Waals surface area contributed by atoms with E-state index in [-0.39, 0.29) is 19.6 Å². The van der Waals surface area contributed by atoms with Gasteiger partial charge in [0.1, 0.15) is 11.9 Å². The molecule has 0 spiro atoms. The van der Waals surface area contributed by atoms with Crippen molar-refractivity contribution in [3.05, 3.63) is 141 Å². The molecular weight excluding hydrogens is 612 g/mol. The van der Waals surface area contributed by atoms with Gasteiger partial charge in [0.2, 0.25) is 21.8 Å². The summed E-state index contributed by atoms with van der Waals surface area (Å²) in [6, 6.07) is 26.9. The Morgan fingerprint density at radius 1 is 0.837 bits per heavy atom. The molecule has 1 unspecified atom stereocenters. The molecule has 4 rings (SSSR count). The summed E-state index contributed by atoms with van der Waals surface area (Å²) in [7, 11) is -3.83. The third-order valence-electron chi connectivity index (χ3n) is 6.71. The predicted octanol–water partition coefficient (Wildman–Crippen LogP) is 5.98. The molecule has 0 fully saturated rings. The second kappa shape index (κ2) is 14.6. The Bertz CT molecular complexity index is 1660. The summed E-state index contributed by atoms with van der Waals surface area (Å²) in [4.78, 5) is 29.3. The van der Waals surface area contributed by atoms with E-state index in [1.807, 2.05) is 6.07 Å². The summed E-state index contributed by atoms with van der Waals surface area (Å²) < 4.78 is 40.4. The summed E-state index contributed by atoms with van der Waals surface area (Å²) in [6.45, 7) is -0.585. The van der Waals surface area contributed by atoms with Crippen molar-refractivity contribution in [1.82, 2.24) is 14.5 Å². The molecule has 0 aliphatic rings. The van der Waals surface area contributed by atoms with Crippen LogP contribution in [0.25, 0.3) is 0 Å². The van der Waals surface area contributed by atoms with Gasteiger partial charge < -0.3 is 10.2 Å². The van der Waals surface area contributed by atoms with Crippen molar-refractivity contribution in [1.29, 1.82) is 0 Å². The lowest BCUT2D eigenvalue weighted by Crippen LogP contribution is -2.47. The van der Waals surface area contributed by atoms with E-state index in [4.69, 9.17) is 23.2 Å². The number of hydrogen-bond acceptors (Lipinski definition) is 4. The molecule has 11 heteroatoms. The van der Waals surface area contributed by atoms with Crippen LogP contribution in [0, 0.1) is 5.82 Å². The Hall–Kier alpha value is -3.76. The highest BCUT2D eigenvalue weighted by molar-refractivity contribution is 7.88. The van der Waals surface area contributed by atoms with Gasteiger partial charge in [-0.2, -0.15) is 4.31 Å². The normalized spacial score (nSPS) is 12.1. The van der Waals surface area contributed by atoms with Crippen LogP contribution in [-0.2, 0) is 39.2 Å². The lowest BCUT2D eigenvalue weighted by molar-refractivity contribution is -0.141. The molecule has 0 radical (unpaired) electrons. The quantitative estimate of drug-likeness (QED) is 0.206. The van der Waals surface area contributed by atoms with Crippen LogP contribution < -0.4 is 5.32 Å². The van der Waals surface area contributed by atoms with Gasteiger partial charge in [0.25, 0.3) is 0 Å². The molecule has 0 saturated carbocycles. The van der Waals surface area contributed by atoms with Crippen molar-refractivity contribution < 1.29 is 22.4 Å². The number of rotatable bonds is 12. The van der Waals surface area contributed by atoms with Crippen molar-refractivity contribution in [3.8, 4) is 0 Å². The topological polar surface area (TPSA) is 86.8 Å². The van der Waals surface area contributed by atoms with Gasteiger partial charge in [0.15, 0.2) is 0 Å². The van der Waals surface area contributed by atoms with E-state index < -0.39 is 40.2 Å². The van der Waals surface area contributed by atoms with Gasteiger partial charge >= 0.3 is 0 Å². The van der Waals surface area contributed by atoms with Crippen LogP contribution in [0.5, 0.6) is 0 Å².